The summed E-state index contributed by atoms with van der Waals surface area (Å²) in [5.41, 5.74) is -0.366. The highest BCUT2D eigenvalue weighted by molar-refractivity contribution is 7.89. The Bertz CT molecular complexity index is 921. The van der Waals surface area contributed by atoms with Gasteiger partial charge in [0.25, 0.3) is 15.9 Å². The van der Waals surface area contributed by atoms with Crippen molar-refractivity contribution >= 4 is 21.6 Å². The molecule has 1 aromatic carbocycles. The summed E-state index contributed by atoms with van der Waals surface area (Å²) in [6.45, 7) is 1.81. The van der Waals surface area contributed by atoms with E-state index in [1.807, 2.05) is 11.9 Å². The van der Waals surface area contributed by atoms with E-state index in [0.29, 0.717) is 26.2 Å². The van der Waals surface area contributed by atoms with E-state index in [0.717, 1.165) is 18.2 Å². The third-order valence-corrected chi connectivity index (χ3v) is 5.81. The Morgan fingerprint density at radius 1 is 1.12 bits per heavy atom. The van der Waals surface area contributed by atoms with Gasteiger partial charge in [0.05, 0.1) is 5.69 Å². The molecule has 0 saturated carbocycles. The topological polar surface area (TPSA) is 82.9 Å². The summed E-state index contributed by atoms with van der Waals surface area (Å²) in [7, 11) is -1.97. The van der Waals surface area contributed by atoms with Gasteiger partial charge in [-0.3, -0.25) is 4.79 Å². The molecule has 10 heteroatoms. The molecule has 0 unspecified atom stereocenters. The quantitative estimate of drug-likeness (QED) is 0.867. The van der Waals surface area contributed by atoms with E-state index in [2.05, 4.69) is 5.32 Å². The molecule has 0 radical (unpaired) electrons. The zero-order chi connectivity index (χ0) is 18.9. The van der Waals surface area contributed by atoms with Crippen LogP contribution in [0.4, 0.5) is 14.5 Å². The number of sulfonamides is 1. The Balaban J connectivity index is 1.76. The molecule has 7 nitrogen and oxygen atoms in total. The monoisotopic (exact) mass is 385 g/mol. The van der Waals surface area contributed by atoms with Crippen molar-refractivity contribution in [3.05, 3.63) is 47.7 Å². The maximum atomic E-state index is 13.6. The van der Waals surface area contributed by atoms with E-state index in [1.165, 1.54) is 16.4 Å². The molecule has 0 bridgehead atoms. The Morgan fingerprint density at radius 2 is 1.81 bits per heavy atom. The maximum Gasteiger partial charge on any atom is 0.291 e. The second kappa shape index (κ2) is 7.14. The van der Waals surface area contributed by atoms with Gasteiger partial charge in [-0.05, 0) is 31.3 Å². The van der Waals surface area contributed by atoms with Crippen LogP contribution < -0.4 is 5.32 Å². The van der Waals surface area contributed by atoms with Crippen LogP contribution in [-0.4, -0.2) is 56.8 Å². The number of furan rings is 1. The number of amides is 1. The Kier molecular flexibility index (Phi) is 5.08. The first-order chi connectivity index (χ1) is 12.3. The van der Waals surface area contributed by atoms with E-state index >= 15 is 0 Å². The molecular weight excluding hydrogens is 368 g/mol. The average Bonchev–Trinajstić information content (AvgIpc) is 3.09. The van der Waals surface area contributed by atoms with Crippen molar-refractivity contribution < 1.29 is 26.4 Å². The van der Waals surface area contributed by atoms with Crippen molar-refractivity contribution in [3.8, 4) is 0 Å². The van der Waals surface area contributed by atoms with Gasteiger partial charge in [0.1, 0.15) is 11.6 Å². The number of anilines is 1. The second-order valence-electron chi connectivity index (χ2n) is 5.90. The lowest BCUT2D eigenvalue weighted by molar-refractivity contribution is 0.0990. The first-order valence-corrected chi connectivity index (χ1v) is 9.26. The molecule has 3 rings (SSSR count). The minimum absolute atomic E-state index is 0.315. The van der Waals surface area contributed by atoms with Crippen LogP contribution in [0, 0.1) is 11.6 Å². The normalized spacial score (nSPS) is 16.6. The number of carbonyl (C=O) groups is 1. The molecule has 1 aromatic heterocycles. The van der Waals surface area contributed by atoms with E-state index in [9.17, 15) is 22.0 Å². The SMILES string of the molecule is CN1CCN(S(=O)(=O)c2ccc(C(=O)Nc3cc(F)ccc3F)o2)CC1. The molecule has 1 fully saturated rings. The molecule has 1 amide bonds. The van der Waals surface area contributed by atoms with Gasteiger partial charge in [-0.2, -0.15) is 4.31 Å². The molecule has 1 aliphatic heterocycles. The smallest absolute Gasteiger partial charge is 0.291 e. The summed E-state index contributed by atoms with van der Waals surface area (Å²) in [5, 5.41) is 1.79. The van der Waals surface area contributed by atoms with Crippen molar-refractivity contribution in [2.24, 2.45) is 0 Å². The van der Waals surface area contributed by atoms with Crippen LogP contribution in [0.3, 0.4) is 0 Å². The molecule has 0 aliphatic carbocycles. The highest BCUT2D eigenvalue weighted by Gasteiger charge is 2.30. The van der Waals surface area contributed by atoms with Crippen LogP contribution >= 0.6 is 0 Å². The van der Waals surface area contributed by atoms with Crippen LogP contribution in [-0.2, 0) is 10.0 Å². The summed E-state index contributed by atoms with van der Waals surface area (Å²) < 4.78 is 58.3. The number of benzene rings is 1. The van der Waals surface area contributed by atoms with Gasteiger partial charge in [-0.25, -0.2) is 17.2 Å². The maximum absolute atomic E-state index is 13.6. The molecule has 140 valence electrons. The lowest BCUT2D eigenvalue weighted by Gasteiger charge is -2.30. The van der Waals surface area contributed by atoms with Crippen molar-refractivity contribution in [1.29, 1.82) is 0 Å². The van der Waals surface area contributed by atoms with Crippen molar-refractivity contribution in [1.82, 2.24) is 9.21 Å². The van der Waals surface area contributed by atoms with Crippen LogP contribution in [0.5, 0.6) is 0 Å². The summed E-state index contributed by atoms with van der Waals surface area (Å²) in [4.78, 5) is 14.1. The number of rotatable bonds is 4. The molecule has 0 atom stereocenters. The number of piperazine rings is 1. The largest absolute Gasteiger partial charge is 0.438 e. The standard InChI is InChI=1S/C16H17F2N3O4S/c1-20-6-8-21(9-7-20)26(23,24)15-5-4-14(25-15)16(22)19-13-10-11(17)2-3-12(13)18/h2-5,10H,6-9H2,1H3,(H,19,22). The zero-order valence-corrected chi connectivity index (χ0v) is 14.7. The predicted molar refractivity (Wildman–Crippen MR) is 89.3 cm³/mol. The molecule has 0 spiro atoms. The Hall–Kier alpha value is -2.30. The van der Waals surface area contributed by atoms with E-state index < -0.39 is 27.6 Å². The fraction of sp³-hybridized carbons (Fsp3) is 0.312. The number of nitrogens with zero attached hydrogens (tertiary/aromatic N) is 2. The van der Waals surface area contributed by atoms with Gasteiger partial charge >= 0.3 is 0 Å². The van der Waals surface area contributed by atoms with Gasteiger partial charge in [0.2, 0.25) is 5.09 Å². The fourth-order valence-corrected chi connectivity index (χ4v) is 3.85. The van der Waals surface area contributed by atoms with Crippen LogP contribution in [0.1, 0.15) is 10.6 Å². The summed E-state index contributed by atoms with van der Waals surface area (Å²) in [6.07, 6.45) is 0. The molecule has 1 aliphatic rings. The van der Waals surface area contributed by atoms with Gasteiger partial charge in [-0.15, -0.1) is 0 Å². The highest BCUT2D eigenvalue weighted by Crippen LogP contribution is 2.22. The molecule has 1 saturated heterocycles. The van der Waals surface area contributed by atoms with Gasteiger partial charge in [0, 0.05) is 32.2 Å². The molecule has 1 N–H and O–H groups in total. The van der Waals surface area contributed by atoms with Crippen LogP contribution in [0.2, 0.25) is 0 Å². The van der Waals surface area contributed by atoms with Crippen molar-refractivity contribution in [2.75, 3.05) is 38.5 Å². The molecule has 2 heterocycles. The predicted octanol–water partition coefficient (Wildman–Crippen LogP) is 1.75. The van der Waals surface area contributed by atoms with Gasteiger partial charge in [0.15, 0.2) is 5.76 Å². The first-order valence-electron chi connectivity index (χ1n) is 7.82. The average molecular weight is 385 g/mol. The molecular formula is C16H17F2N3O4S. The Morgan fingerprint density at radius 3 is 2.50 bits per heavy atom. The van der Waals surface area contributed by atoms with E-state index in [4.69, 9.17) is 4.42 Å². The highest BCUT2D eigenvalue weighted by atomic mass is 32.2. The number of hydrogen-bond donors (Lipinski definition) is 1. The zero-order valence-electron chi connectivity index (χ0n) is 13.9. The summed E-state index contributed by atoms with van der Waals surface area (Å²) in [6, 6.07) is 4.95. The first kappa shape index (κ1) is 18.5. The van der Waals surface area contributed by atoms with Crippen LogP contribution in [0.15, 0.2) is 39.8 Å². The number of carbonyl (C=O) groups excluding carboxylic acids is 1. The third-order valence-electron chi connectivity index (χ3n) is 4.04. The van der Waals surface area contributed by atoms with E-state index in [1.54, 1.807) is 0 Å². The minimum Gasteiger partial charge on any atom is -0.438 e. The number of halogens is 2. The van der Waals surface area contributed by atoms with Crippen molar-refractivity contribution in [2.45, 2.75) is 5.09 Å². The van der Waals surface area contributed by atoms with E-state index in [-0.39, 0.29) is 16.5 Å². The third kappa shape index (κ3) is 3.76. The van der Waals surface area contributed by atoms with Gasteiger partial charge < -0.3 is 14.6 Å². The second-order valence-corrected chi connectivity index (χ2v) is 7.77. The summed E-state index contributed by atoms with van der Waals surface area (Å²) in [5.74, 6) is -2.74. The number of nitrogens with one attached hydrogen (secondary N) is 1. The fourth-order valence-electron chi connectivity index (χ4n) is 2.51. The minimum atomic E-state index is -3.86. The van der Waals surface area contributed by atoms with Crippen molar-refractivity contribution in [3.63, 3.8) is 0 Å². The van der Waals surface area contributed by atoms with Crippen LogP contribution in [0.25, 0.3) is 0 Å². The van der Waals surface area contributed by atoms with Gasteiger partial charge in [-0.1, -0.05) is 0 Å². The molecule has 26 heavy (non-hydrogen) atoms. The Labute approximate surface area is 149 Å². The number of likely N-dealkylation sites (N-methyl/N-ethyl adjacent to an activating group) is 1. The molecule has 2 aromatic rings. The summed E-state index contributed by atoms with van der Waals surface area (Å²) >= 11 is 0. The number of hydrogen-bond acceptors (Lipinski definition) is 5. The lowest BCUT2D eigenvalue weighted by atomic mass is 10.3. The lowest BCUT2D eigenvalue weighted by Crippen LogP contribution is -2.46.